The Morgan fingerprint density at radius 2 is 2.14 bits per heavy atom. The Hall–Kier alpha value is -1.86. The average molecular weight is 189 g/mol. The van der Waals surface area contributed by atoms with Gasteiger partial charge in [-0.1, -0.05) is 24.3 Å². The van der Waals surface area contributed by atoms with Crippen molar-refractivity contribution in [1.82, 2.24) is 0 Å². The van der Waals surface area contributed by atoms with Crippen LogP contribution in [0.15, 0.2) is 24.3 Å². The van der Waals surface area contributed by atoms with Gasteiger partial charge in [-0.05, 0) is 0 Å². The summed E-state index contributed by atoms with van der Waals surface area (Å²) in [7, 11) is 0. The molecule has 1 heterocycles. The minimum atomic E-state index is -0.742. The predicted molar refractivity (Wildman–Crippen MR) is 45.8 cm³/mol. The fourth-order valence-electron chi connectivity index (χ4n) is 1.49. The van der Waals surface area contributed by atoms with Gasteiger partial charge in [-0.15, -0.1) is 0 Å². The number of hydrogen-bond acceptors (Lipinski definition) is 4. The molecular weight excluding hydrogens is 182 g/mol. The molecule has 0 bridgehead atoms. The molecule has 70 valence electrons. The summed E-state index contributed by atoms with van der Waals surface area (Å²) in [5.74, 6) is 0. The van der Waals surface area contributed by atoms with Gasteiger partial charge in [0.25, 0.3) is 6.47 Å². The third-order valence-electron chi connectivity index (χ3n) is 2.09. The molecular formula is C10H7NO3. The number of fused-ring (bicyclic) bond motifs is 1. The van der Waals surface area contributed by atoms with E-state index >= 15 is 0 Å². The Morgan fingerprint density at radius 3 is 2.79 bits per heavy atom. The molecule has 2 atom stereocenters. The maximum atomic E-state index is 10.2. The van der Waals surface area contributed by atoms with E-state index in [9.17, 15) is 4.79 Å². The number of hydrogen-bond donors (Lipinski definition) is 0. The molecule has 2 rings (SSSR count). The van der Waals surface area contributed by atoms with Crippen molar-refractivity contribution in [2.24, 2.45) is 0 Å². The largest absolute Gasteiger partial charge is 0.433 e. The highest BCUT2D eigenvalue weighted by atomic mass is 16.7. The molecule has 0 amide bonds. The molecule has 1 aliphatic rings. The number of carbonyl (C=O) groups is 1. The molecule has 2 unspecified atom stereocenters. The van der Waals surface area contributed by atoms with Crippen LogP contribution < -0.4 is 0 Å². The van der Waals surface area contributed by atoms with Gasteiger partial charge in [0.05, 0.1) is 6.07 Å². The first-order valence-electron chi connectivity index (χ1n) is 4.10. The zero-order chi connectivity index (χ0) is 9.97. The van der Waals surface area contributed by atoms with Crippen LogP contribution in [0.4, 0.5) is 0 Å². The number of rotatable bonds is 2. The van der Waals surface area contributed by atoms with Crippen molar-refractivity contribution >= 4 is 6.47 Å². The lowest BCUT2D eigenvalue weighted by molar-refractivity contribution is -0.166. The highest BCUT2D eigenvalue weighted by molar-refractivity contribution is 5.42. The first kappa shape index (κ1) is 8.73. The lowest BCUT2D eigenvalue weighted by Gasteiger charge is -2.07. The van der Waals surface area contributed by atoms with Crippen molar-refractivity contribution in [3.8, 4) is 6.07 Å². The Kier molecular flexibility index (Phi) is 2.17. The van der Waals surface area contributed by atoms with Crippen LogP contribution in [0.25, 0.3) is 0 Å². The number of carbonyl (C=O) groups excluding carboxylic acids is 1. The molecule has 1 aliphatic heterocycles. The van der Waals surface area contributed by atoms with Gasteiger partial charge in [0.2, 0.25) is 6.29 Å². The molecule has 14 heavy (non-hydrogen) atoms. The Morgan fingerprint density at radius 1 is 1.43 bits per heavy atom. The van der Waals surface area contributed by atoms with E-state index in [1.165, 1.54) is 0 Å². The van der Waals surface area contributed by atoms with Gasteiger partial charge in [-0.2, -0.15) is 5.26 Å². The average Bonchev–Trinajstić information content (AvgIpc) is 2.58. The Labute approximate surface area is 80.7 Å². The van der Waals surface area contributed by atoms with Gasteiger partial charge in [0.1, 0.15) is 0 Å². The van der Waals surface area contributed by atoms with E-state index in [4.69, 9.17) is 14.7 Å². The third kappa shape index (κ3) is 1.24. The van der Waals surface area contributed by atoms with Crippen molar-refractivity contribution < 1.29 is 14.3 Å². The smallest absolute Gasteiger partial charge is 0.295 e. The zero-order valence-corrected chi connectivity index (χ0v) is 7.21. The highest BCUT2D eigenvalue weighted by Crippen LogP contribution is 2.38. The van der Waals surface area contributed by atoms with Gasteiger partial charge in [-0.25, -0.2) is 0 Å². The second-order valence-electron chi connectivity index (χ2n) is 2.84. The summed E-state index contributed by atoms with van der Waals surface area (Å²) in [4.78, 5) is 10.2. The zero-order valence-electron chi connectivity index (χ0n) is 7.21. The quantitative estimate of drug-likeness (QED) is 0.660. The topological polar surface area (TPSA) is 59.3 Å². The van der Waals surface area contributed by atoms with E-state index < -0.39 is 12.4 Å². The van der Waals surface area contributed by atoms with Crippen molar-refractivity contribution in [3.63, 3.8) is 0 Å². The summed E-state index contributed by atoms with van der Waals surface area (Å²) in [6.07, 6.45) is -1.38. The first-order valence-corrected chi connectivity index (χ1v) is 4.10. The molecule has 0 aromatic heterocycles. The molecule has 4 nitrogen and oxygen atoms in total. The maximum Gasteiger partial charge on any atom is 0.295 e. The summed E-state index contributed by atoms with van der Waals surface area (Å²) < 4.78 is 9.91. The summed E-state index contributed by atoms with van der Waals surface area (Å²) in [6, 6.07) is 9.18. The van der Waals surface area contributed by atoms with E-state index in [2.05, 4.69) is 0 Å². The van der Waals surface area contributed by atoms with E-state index in [1.54, 1.807) is 12.1 Å². The van der Waals surface area contributed by atoms with Crippen molar-refractivity contribution in [1.29, 1.82) is 5.26 Å². The van der Waals surface area contributed by atoms with E-state index in [1.807, 2.05) is 18.2 Å². The van der Waals surface area contributed by atoms with Crippen LogP contribution in [0.3, 0.4) is 0 Å². The normalized spacial score (nSPS) is 23.6. The SMILES string of the molecule is N#CC1OC(OC=O)c2ccccc21. The molecule has 1 aromatic rings. The van der Waals surface area contributed by atoms with Crippen LogP contribution in [-0.2, 0) is 14.3 Å². The summed E-state index contributed by atoms with van der Waals surface area (Å²) in [5, 5.41) is 8.78. The van der Waals surface area contributed by atoms with E-state index in [0.717, 1.165) is 11.1 Å². The minimum absolute atomic E-state index is 0.321. The van der Waals surface area contributed by atoms with Gasteiger partial charge >= 0.3 is 0 Å². The van der Waals surface area contributed by atoms with Crippen molar-refractivity contribution in [3.05, 3.63) is 35.4 Å². The minimum Gasteiger partial charge on any atom is -0.433 e. The third-order valence-corrected chi connectivity index (χ3v) is 2.09. The monoisotopic (exact) mass is 189 g/mol. The first-order chi connectivity index (χ1) is 6.86. The molecule has 0 saturated heterocycles. The summed E-state index contributed by atoms with van der Waals surface area (Å²) >= 11 is 0. The standard InChI is InChI=1S/C10H7NO3/c11-5-9-7-3-1-2-4-8(7)10(14-9)13-6-12/h1-4,6,9-10H. The van der Waals surface area contributed by atoms with E-state index in [-0.39, 0.29) is 0 Å². The molecule has 0 saturated carbocycles. The lowest BCUT2D eigenvalue weighted by Crippen LogP contribution is -2.01. The van der Waals surface area contributed by atoms with Crippen LogP contribution in [0.2, 0.25) is 0 Å². The van der Waals surface area contributed by atoms with Crippen molar-refractivity contribution in [2.75, 3.05) is 0 Å². The molecule has 1 aromatic carbocycles. The Balaban J connectivity index is 2.39. The number of ether oxygens (including phenoxy) is 2. The molecule has 0 spiro atoms. The van der Waals surface area contributed by atoms with Gasteiger partial charge in [-0.3, -0.25) is 4.79 Å². The van der Waals surface area contributed by atoms with Crippen LogP contribution in [-0.4, -0.2) is 6.47 Å². The molecule has 0 N–H and O–H groups in total. The summed E-state index contributed by atoms with van der Waals surface area (Å²) in [5.41, 5.74) is 1.51. The number of benzene rings is 1. The second kappa shape index (κ2) is 3.48. The Bertz CT molecular complexity index is 397. The van der Waals surface area contributed by atoms with Crippen LogP contribution in [0.5, 0.6) is 0 Å². The number of nitrogens with zero attached hydrogens (tertiary/aromatic N) is 1. The summed E-state index contributed by atoms with van der Waals surface area (Å²) in [6.45, 7) is 0.321. The predicted octanol–water partition coefficient (Wildman–Crippen LogP) is 1.45. The lowest BCUT2D eigenvalue weighted by atomic mass is 10.1. The molecule has 4 heteroatoms. The van der Waals surface area contributed by atoms with Gasteiger partial charge in [0, 0.05) is 11.1 Å². The fraction of sp³-hybridized carbons (Fsp3) is 0.200. The van der Waals surface area contributed by atoms with Crippen molar-refractivity contribution in [2.45, 2.75) is 12.4 Å². The number of nitriles is 1. The fourth-order valence-corrected chi connectivity index (χ4v) is 1.49. The molecule has 0 fully saturated rings. The molecule has 0 aliphatic carbocycles. The van der Waals surface area contributed by atoms with E-state index in [0.29, 0.717) is 6.47 Å². The van der Waals surface area contributed by atoms with Crippen LogP contribution in [0, 0.1) is 11.3 Å². The second-order valence-corrected chi connectivity index (χ2v) is 2.84. The van der Waals surface area contributed by atoms with Gasteiger partial charge in [0.15, 0.2) is 6.10 Å². The van der Waals surface area contributed by atoms with Gasteiger partial charge < -0.3 is 9.47 Å². The maximum absolute atomic E-state index is 10.2. The van der Waals surface area contributed by atoms with Crippen LogP contribution >= 0.6 is 0 Å². The molecule has 0 radical (unpaired) electrons. The van der Waals surface area contributed by atoms with Crippen LogP contribution in [0.1, 0.15) is 23.5 Å². The highest BCUT2D eigenvalue weighted by Gasteiger charge is 2.32.